The van der Waals surface area contributed by atoms with Crippen LogP contribution in [0.1, 0.15) is 26.5 Å². The normalized spacial score (nSPS) is 14.5. The zero-order valence-corrected chi connectivity index (χ0v) is 19.0. The quantitative estimate of drug-likeness (QED) is 0.197. The molecular formula is C23H13ClN2O8S. The van der Waals surface area contributed by atoms with Crippen LogP contribution in [-0.4, -0.2) is 44.4 Å². The number of hydrogen-bond donors (Lipinski definition) is 1. The first-order valence-electron chi connectivity index (χ1n) is 9.80. The minimum Gasteiger partial charge on any atom is -0.478 e. The van der Waals surface area contributed by atoms with Gasteiger partial charge in [-0.15, -0.1) is 0 Å². The summed E-state index contributed by atoms with van der Waals surface area (Å²) in [6, 6.07) is 12.3. The van der Waals surface area contributed by atoms with E-state index in [2.05, 4.69) is 0 Å². The lowest BCUT2D eigenvalue weighted by molar-refractivity contribution is -0.384. The predicted molar refractivity (Wildman–Crippen MR) is 126 cm³/mol. The van der Waals surface area contributed by atoms with Gasteiger partial charge in [0.1, 0.15) is 11.5 Å². The highest BCUT2D eigenvalue weighted by Gasteiger charge is 2.36. The Balaban J connectivity index is 1.50. The summed E-state index contributed by atoms with van der Waals surface area (Å²) < 4.78 is 5.68. The lowest BCUT2D eigenvalue weighted by Crippen LogP contribution is -2.33. The van der Waals surface area contributed by atoms with Gasteiger partial charge < -0.3 is 9.52 Å². The van der Waals surface area contributed by atoms with E-state index in [4.69, 9.17) is 16.0 Å². The van der Waals surface area contributed by atoms with Crippen LogP contribution in [0.25, 0.3) is 17.4 Å². The maximum atomic E-state index is 12.7. The molecule has 1 saturated heterocycles. The molecule has 0 atom stereocenters. The average molecular weight is 513 g/mol. The number of aromatic carboxylic acids is 1. The number of nitro groups is 1. The number of Topliss-reactive ketones (excluding diaryl/α,β-unsaturated/α-hetero) is 1. The standard InChI is InChI=1S/C23H13ClN2O8S/c24-17-7-3-13(9-16(17)22(29)30)19-8-6-15(34-19)10-20-21(28)25(23(31)35-20)11-18(27)12-1-4-14(5-2-12)26(32)33/h1-10H,11H2,(H,29,30). The SMILES string of the molecule is O=C(CN1C(=O)SC(=Cc2ccc(-c3ccc(Cl)c(C(=O)O)c3)o2)C1=O)c1ccc([N+](=O)[O-])cc1. The summed E-state index contributed by atoms with van der Waals surface area (Å²) in [6.45, 7) is -0.522. The van der Waals surface area contributed by atoms with Gasteiger partial charge >= 0.3 is 5.97 Å². The summed E-state index contributed by atoms with van der Waals surface area (Å²) in [4.78, 5) is 59.8. The monoisotopic (exact) mass is 512 g/mol. The van der Waals surface area contributed by atoms with E-state index >= 15 is 0 Å². The number of nitrogens with zero attached hydrogens (tertiary/aromatic N) is 2. The molecule has 1 N–H and O–H groups in total. The maximum Gasteiger partial charge on any atom is 0.337 e. The molecule has 4 rings (SSSR count). The molecule has 0 radical (unpaired) electrons. The van der Waals surface area contributed by atoms with Crippen molar-refractivity contribution in [1.82, 2.24) is 4.90 Å². The third kappa shape index (κ3) is 5.00. The zero-order chi connectivity index (χ0) is 25.3. The smallest absolute Gasteiger partial charge is 0.337 e. The van der Waals surface area contributed by atoms with Gasteiger partial charge in [0.25, 0.3) is 16.8 Å². The maximum absolute atomic E-state index is 12.7. The van der Waals surface area contributed by atoms with Gasteiger partial charge in [0.15, 0.2) is 5.78 Å². The molecule has 1 aromatic heterocycles. The van der Waals surface area contributed by atoms with E-state index in [1.54, 1.807) is 18.2 Å². The van der Waals surface area contributed by atoms with E-state index < -0.39 is 34.4 Å². The van der Waals surface area contributed by atoms with Gasteiger partial charge in [-0.3, -0.25) is 29.4 Å². The van der Waals surface area contributed by atoms with E-state index in [1.165, 1.54) is 30.3 Å². The number of halogens is 1. The number of benzene rings is 2. The number of furan rings is 1. The number of nitro benzene ring substituents is 1. The Labute approximate surface area is 205 Å². The van der Waals surface area contributed by atoms with Gasteiger partial charge in [-0.1, -0.05) is 11.6 Å². The van der Waals surface area contributed by atoms with Crippen LogP contribution in [0.15, 0.2) is 63.9 Å². The number of carboxylic acids is 1. The van der Waals surface area contributed by atoms with Gasteiger partial charge in [0.2, 0.25) is 0 Å². The minimum absolute atomic E-state index is 0.0368. The molecule has 2 heterocycles. The van der Waals surface area contributed by atoms with Crippen molar-refractivity contribution in [2.75, 3.05) is 6.54 Å². The van der Waals surface area contributed by atoms with E-state index in [9.17, 15) is 34.4 Å². The topological polar surface area (TPSA) is 148 Å². The lowest BCUT2D eigenvalue weighted by atomic mass is 10.1. The summed E-state index contributed by atoms with van der Waals surface area (Å²) in [5, 5.41) is 19.4. The summed E-state index contributed by atoms with van der Waals surface area (Å²) in [6.07, 6.45) is 1.35. The van der Waals surface area contributed by atoms with Crippen molar-refractivity contribution in [1.29, 1.82) is 0 Å². The number of imide groups is 1. The van der Waals surface area contributed by atoms with Crippen molar-refractivity contribution < 1.29 is 33.6 Å². The third-order valence-electron chi connectivity index (χ3n) is 4.96. The zero-order valence-electron chi connectivity index (χ0n) is 17.5. The molecule has 2 amide bonds. The molecule has 3 aromatic rings. The van der Waals surface area contributed by atoms with Gasteiger partial charge in [-0.05, 0) is 54.2 Å². The minimum atomic E-state index is -1.19. The highest BCUT2D eigenvalue weighted by Crippen LogP contribution is 2.34. The van der Waals surface area contributed by atoms with E-state index in [0.717, 1.165) is 17.0 Å². The van der Waals surface area contributed by atoms with Crippen LogP contribution >= 0.6 is 23.4 Å². The number of hydrogen-bond acceptors (Lipinski definition) is 8. The van der Waals surface area contributed by atoms with Gasteiger partial charge in [-0.25, -0.2) is 4.79 Å². The molecule has 0 bridgehead atoms. The molecule has 35 heavy (non-hydrogen) atoms. The molecule has 176 valence electrons. The molecule has 0 aliphatic carbocycles. The fraction of sp³-hybridized carbons (Fsp3) is 0.0435. The van der Waals surface area contributed by atoms with Crippen LogP contribution in [0.2, 0.25) is 5.02 Å². The summed E-state index contributed by atoms with van der Waals surface area (Å²) >= 11 is 6.52. The van der Waals surface area contributed by atoms with E-state index in [1.807, 2.05) is 0 Å². The molecule has 0 unspecified atom stereocenters. The highest BCUT2D eigenvalue weighted by atomic mass is 35.5. The number of carbonyl (C=O) groups is 4. The Bertz CT molecular complexity index is 1430. The molecule has 2 aromatic carbocycles. The first-order valence-corrected chi connectivity index (χ1v) is 11.0. The number of ketones is 1. The van der Waals surface area contributed by atoms with Crippen LogP contribution in [0, 0.1) is 10.1 Å². The van der Waals surface area contributed by atoms with Crippen LogP contribution in [-0.2, 0) is 4.79 Å². The predicted octanol–water partition coefficient (Wildman–Crippen LogP) is 5.13. The van der Waals surface area contributed by atoms with Crippen LogP contribution in [0.3, 0.4) is 0 Å². The molecular weight excluding hydrogens is 500 g/mol. The van der Waals surface area contributed by atoms with E-state index in [-0.39, 0.29) is 32.5 Å². The van der Waals surface area contributed by atoms with Crippen molar-refractivity contribution in [2.24, 2.45) is 0 Å². The van der Waals surface area contributed by atoms with Crippen molar-refractivity contribution in [3.8, 4) is 11.3 Å². The second-order valence-electron chi connectivity index (χ2n) is 7.20. The second kappa shape index (κ2) is 9.57. The fourth-order valence-electron chi connectivity index (χ4n) is 3.20. The molecule has 10 nitrogen and oxygen atoms in total. The number of rotatable bonds is 7. The Morgan fingerprint density at radius 3 is 2.49 bits per heavy atom. The van der Waals surface area contributed by atoms with Crippen LogP contribution in [0.4, 0.5) is 10.5 Å². The van der Waals surface area contributed by atoms with E-state index in [0.29, 0.717) is 23.1 Å². The Morgan fingerprint density at radius 2 is 1.83 bits per heavy atom. The number of thioether (sulfide) groups is 1. The number of amides is 2. The lowest BCUT2D eigenvalue weighted by Gasteiger charge is -2.11. The Hall–Kier alpha value is -4.22. The first-order chi connectivity index (χ1) is 16.6. The summed E-state index contributed by atoms with van der Waals surface area (Å²) in [5.74, 6) is -1.88. The van der Waals surface area contributed by atoms with Crippen molar-refractivity contribution in [3.63, 3.8) is 0 Å². The van der Waals surface area contributed by atoms with Crippen molar-refractivity contribution in [2.45, 2.75) is 0 Å². The van der Waals surface area contributed by atoms with Crippen molar-refractivity contribution >= 4 is 58.0 Å². The Morgan fingerprint density at radius 1 is 1.11 bits per heavy atom. The fourth-order valence-corrected chi connectivity index (χ4v) is 4.21. The van der Waals surface area contributed by atoms with Gasteiger partial charge in [-0.2, -0.15) is 0 Å². The summed E-state index contributed by atoms with van der Waals surface area (Å²) in [7, 11) is 0. The van der Waals surface area contributed by atoms with Gasteiger partial charge in [0, 0.05) is 29.3 Å². The average Bonchev–Trinajstić information content (AvgIpc) is 3.39. The molecule has 1 aliphatic heterocycles. The number of non-ortho nitro benzene ring substituents is 1. The first kappa shape index (κ1) is 23.9. The molecule has 0 saturated carbocycles. The molecule has 1 fully saturated rings. The number of carbonyl (C=O) groups excluding carboxylic acids is 3. The molecule has 12 heteroatoms. The van der Waals surface area contributed by atoms with Crippen LogP contribution in [0.5, 0.6) is 0 Å². The third-order valence-corrected chi connectivity index (χ3v) is 6.19. The highest BCUT2D eigenvalue weighted by molar-refractivity contribution is 8.18. The molecule has 0 spiro atoms. The number of carboxylic acid groups (broad SMARTS) is 1. The second-order valence-corrected chi connectivity index (χ2v) is 8.60. The van der Waals surface area contributed by atoms with Crippen molar-refractivity contribution in [3.05, 3.63) is 91.5 Å². The van der Waals surface area contributed by atoms with Crippen LogP contribution < -0.4 is 0 Å². The van der Waals surface area contributed by atoms with Gasteiger partial charge in [0.05, 0.1) is 27.0 Å². The molecule has 1 aliphatic rings. The summed E-state index contributed by atoms with van der Waals surface area (Å²) in [5.41, 5.74) is 0.290. The largest absolute Gasteiger partial charge is 0.478 e. The Kier molecular flexibility index (Phi) is 6.54.